The minimum absolute atomic E-state index is 0.171. The molecule has 0 bridgehead atoms. The average Bonchev–Trinajstić information content (AvgIpc) is 3.83. The number of nitrogens with zero attached hydrogens (tertiary/aromatic N) is 3. The summed E-state index contributed by atoms with van der Waals surface area (Å²) in [5.41, 5.74) is 9.95. The van der Waals surface area contributed by atoms with Gasteiger partial charge >= 0.3 is 0 Å². The fraction of sp³-hybridized carbons (Fsp3) is 0.0222. The third-order valence-corrected chi connectivity index (χ3v) is 11.3. The summed E-state index contributed by atoms with van der Waals surface area (Å²) in [7, 11) is 0. The second-order valence-corrected chi connectivity index (χ2v) is 14.1. The summed E-state index contributed by atoms with van der Waals surface area (Å²) < 4.78 is 11.1. The number of para-hydroxylation sites is 1. The maximum Gasteiger partial charge on any atom is 0.225 e. The topological polar surface area (TPSA) is 43.9 Å². The van der Waals surface area contributed by atoms with Crippen LogP contribution in [0, 0.1) is 6.92 Å². The molecule has 10 rings (SSSR count). The van der Waals surface area contributed by atoms with Crippen LogP contribution >= 0.6 is 22.9 Å². The van der Waals surface area contributed by atoms with Crippen molar-refractivity contribution in [2.45, 2.75) is 6.92 Å². The molecule has 0 atom stereocenters. The van der Waals surface area contributed by atoms with E-state index < -0.39 is 0 Å². The smallest absolute Gasteiger partial charge is 0.225 e. The van der Waals surface area contributed by atoms with E-state index in [0.29, 0.717) is 16.9 Å². The fourth-order valence-electron chi connectivity index (χ4n) is 7.67. The third kappa shape index (κ3) is 4.52. The van der Waals surface area contributed by atoms with Crippen molar-refractivity contribution >= 4 is 92.9 Å². The van der Waals surface area contributed by atoms with E-state index in [0.717, 1.165) is 38.5 Å². The number of halogens is 1. The molecule has 0 amide bonds. The van der Waals surface area contributed by atoms with Crippen molar-refractivity contribution in [3.8, 4) is 28.1 Å². The van der Waals surface area contributed by atoms with E-state index in [-0.39, 0.29) is 5.28 Å². The lowest BCUT2D eigenvalue weighted by Crippen LogP contribution is -2.02. The molecule has 0 aliphatic carbocycles. The van der Waals surface area contributed by atoms with E-state index in [2.05, 4.69) is 126 Å². The molecule has 0 spiro atoms. The molecule has 6 aromatic carbocycles. The van der Waals surface area contributed by atoms with Gasteiger partial charge in [-0.05, 0) is 81.9 Å². The number of benzene rings is 6. The molecule has 6 heteroatoms. The van der Waals surface area contributed by atoms with Crippen LogP contribution in [0.4, 0.5) is 0 Å². The van der Waals surface area contributed by atoms with Gasteiger partial charge in [0.25, 0.3) is 0 Å². The summed E-state index contributed by atoms with van der Waals surface area (Å²) in [6, 6.07) is 42.9. The van der Waals surface area contributed by atoms with E-state index in [4.69, 9.17) is 21.0 Å². The minimum atomic E-state index is 0.171. The Balaban J connectivity index is 1.35. The first kappa shape index (κ1) is 29.9. The Kier molecular flexibility index (Phi) is 6.75. The lowest BCUT2D eigenvalue weighted by atomic mass is 9.93. The highest BCUT2D eigenvalue weighted by molar-refractivity contribution is 7.27. The SMILES string of the molecule is C=C/C=C\c1c(C)n(-c2nc(Cl)nc3c2oc2ccccc23)c2c3sc4ccccc4c3c3cc(-c4cccc(-c5ccccc5)c4)ccc3c12. The van der Waals surface area contributed by atoms with Crippen LogP contribution in [0.2, 0.25) is 5.28 Å². The molecule has 0 aliphatic heterocycles. The largest absolute Gasteiger partial charge is 0.450 e. The summed E-state index contributed by atoms with van der Waals surface area (Å²) >= 11 is 8.53. The van der Waals surface area contributed by atoms with Gasteiger partial charge in [0.15, 0.2) is 11.4 Å². The number of allylic oxidation sites excluding steroid dienone is 2. The molecule has 242 valence electrons. The Morgan fingerprint density at radius 2 is 1.43 bits per heavy atom. The molecular formula is C45H28ClN3OS. The maximum atomic E-state index is 6.73. The summed E-state index contributed by atoms with van der Waals surface area (Å²) in [6.07, 6.45) is 5.97. The van der Waals surface area contributed by atoms with Gasteiger partial charge in [-0.2, -0.15) is 4.98 Å². The summed E-state index contributed by atoms with van der Waals surface area (Å²) in [6.45, 7) is 6.14. The zero-order valence-corrected chi connectivity index (χ0v) is 29.1. The van der Waals surface area contributed by atoms with Crippen molar-refractivity contribution in [1.82, 2.24) is 14.5 Å². The highest BCUT2D eigenvalue weighted by Gasteiger charge is 2.26. The van der Waals surface area contributed by atoms with Crippen LogP contribution in [-0.4, -0.2) is 14.5 Å². The molecule has 0 unspecified atom stereocenters. The van der Waals surface area contributed by atoms with Gasteiger partial charge in [-0.1, -0.05) is 116 Å². The predicted molar refractivity (Wildman–Crippen MR) is 216 cm³/mol. The molecule has 0 radical (unpaired) electrons. The minimum Gasteiger partial charge on any atom is -0.450 e. The second kappa shape index (κ2) is 11.5. The van der Waals surface area contributed by atoms with E-state index in [9.17, 15) is 0 Å². The van der Waals surface area contributed by atoms with Crippen molar-refractivity contribution in [3.05, 3.63) is 157 Å². The normalized spacial score (nSPS) is 12.1. The number of aromatic nitrogens is 3. The number of rotatable bonds is 5. The van der Waals surface area contributed by atoms with Crippen molar-refractivity contribution in [3.63, 3.8) is 0 Å². The number of thiophene rings is 1. The van der Waals surface area contributed by atoms with Crippen molar-refractivity contribution in [2.75, 3.05) is 0 Å². The van der Waals surface area contributed by atoms with E-state index in [1.165, 1.54) is 47.8 Å². The zero-order chi connectivity index (χ0) is 34.2. The molecule has 0 saturated carbocycles. The van der Waals surface area contributed by atoms with Gasteiger partial charge in [-0.15, -0.1) is 11.3 Å². The van der Waals surface area contributed by atoms with Crippen LogP contribution in [0.5, 0.6) is 0 Å². The lowest BCUT2D eigenvalue weighted by Gasteiger charge is -2.12. The first-order valence-electron chi connectivity index (χ1n) is 16.8. The molecule has 0 aliphatic rings. The van der Waals surface area contributed by atoms with E-state index >= 15 is 0 Å². The molecule has 4 aromatic heterocycles. The zero-order valence-electron chi connectivity index (χ0n) is 27.5. The third-order valence-electron chi connectivity index (χ3n) is 9.91. The summed E-state index contributed by atoms with van der Waals surface area (Å²) in [5.74, 6) is 0.620. The number of hydrogen-bond donors (Lipinski definition) is 0. The Hall–Kier alpha value is -6.01. The highest BCUT2D eigenvalue weighted by Crippen LogP contribution is 2.49. The number of furan rings is 1. The highest BCUT2D eigenvalue weighted by atomic mass is 35.5. The molecule has 0 saturated heterocycles. The summed E-state index contributed by atoms with van der Waals surface area (Å²) in [5, 5.41) is 7.03. The maximum absolute atomic E-state index is 6.73. The molecular weight excluding hydrogens is 666 g/mol. The Labute approximate surface area is 302 Å². The van der Waals surface area contributed by atoms with Crippen LogP contribution in [0.3, 0.4) is 0 Å². The van der Waals surface area contributed by atoms with Crippen LogP contribution in [0.1, 0.15) is 11.3 Å². The van der Waals surface area contributed by atoms with E-state index in [1.807, 2.05) is 36.4 Å². The van der Waals surface area contributed by atoms with Gasteiger partial charge in [0.2, 0.25) is 5.28 Å². The molecule has 0 fully saturated rings. The quantitative estimate of drug-likeness (QED) is 0.133. The van der Waals surface area contributed by atoms with E-state index in [1.54, 1.807) is 11.3 Å². The van der Waals surface area contributed by atoms with Crippen LogP contribution in [0.15, 0.2) is 144 Å². The van der Waals surface area contributed by atoms with Gasteiger partial charge < -0.3 is 4.42 Å². The molecule has 4 nitrogen and oxygen atoms in total. The second-order valence-electron chi connectivity index (χ2n) is 12.8. The van der Waals surface area contributed by atoms with Crippen molar-refractivity contribution in [1.29, 1.82) is 0 Å². The molecule has 4 heterocycles. The van der Waals surface area contributed by atoms with Gasteiger partial charge in [0.1, 0.15) is 11.1 Å². The van der Waals surface area contributed by atoms with Gasteiger partial charge in [0.05, 0.1) is 10.2 Å². The van der Waals surface area contributed by atoms with Crippen molar-refractivity contribution < 1.29 is 4.42 Å². The number of hydrogen-bond acceptors (Lipinski definition) is 4. The van der Waals surface area contributed by atoms with Gasteiger partial charge in [-0.3, -0.25) is 4.57 Å². The number of fused-ring (bicyclic) bond motifs is 11. The van der Waals surface area contributed by atoms with Crippen LogP contribution in [-0.2, 0) is 0 Å². The van der Waals surface area contributed by atoms with Gasteiger partial charge in [-0.25, -0.2) is 4.98 Å². The Morgan fingerprint density at radius 1 is 0.706 bits per heavy atom. The Morgan fingerprint density at radius 3 is 2.27 bits per heavy atom. The standard InChI is InChI=1S/C45H28ClN3OS/c1-3-4-17-31-26(2)49(44-42-40(47-45(46)48-44)33-18-8-10-20-36(33)50-42)41-38(31)32-23-22-30(29-16-12-15-28(24-29)27-13-6-5-7-14-27)25-35(32)39-34-19-9-11-21-37(34)51-43(39)41/h3-25H,1H2,2H3/b17-4-. The lowest BCUT2D eigenvalue weighted by molar-refractivity contribution is 0.661. The molecule has 0 N–H and O–H groups in total. The van der Waals surface area contributed by atoms with Crippen molar-refractivity contribution in [2.24, 2.45) is 0 Å². The van der Waals surface area contributed by atoms with Gasteiger partial charge in [0, 0.05) is 37.5 Å². The molecule has 51 heavy (non-hydrogen) atoms. The Bertz CT molecular complexity index is 3080. The fourth-order valence-corrected chi connectivity index (χ4v) is 9.09. The van der Waals surface area contributed by atoms with Crippen LogP contribution in [0.25, 0.3) is 98.1 Å². The molecule has 10 aromatic rings. The summed E-state index contributed by atoms with van der Waals surface area (Å²) in [4.78, 5) is 9.53. The average molecular weight is 694 g/mol. The first-order valence-corrected chi connectivity index (χ1v) is 18.0. The predicted octanol–water partition coefficient (Wildman–Crippen LogP) is 13.3. The monoisotopic (exact) mass is 693 g/mol. The van der Waals surface area contributed by atoms with Crippen LogP contribution < -0.4 is 0 Å². The first-order chi connectivity index (χ1) is 25.1.